The summed E-state index contributed by atoms with van der Waals surface area (Å²) in [6.45, 7) is 1.18. The number of nitrogens with zero attached hydrogens (tertiary/aromatic N) is 2. The van der Waals surface area contributed by atoms with E-state index in [-0.39, 0.29) is 17.9 Å². The molecule has 6 heteroatoms. The molecule has 5 rings (SSSR count). The molecule has 6 nitrogen and oxygen atoms in total. The fourth-order valence-electron chi connectivity index (χ4n) is 4.16. The second-order valence-electron chi connectivity index (χ2n) is 7.96. The number of hydrogen-bond donors (Lipinski definition) is 1. The van der Waals surface area contributed by atoms with Gasteiger partial charge in [0, 0.05) is 30.1 Å². The van der Waals surface area contributed by atoms with Gasteiger partial charge in [0.15, 0.2) is 5.76 Å². The predicted molar refractivity (Wildman–Crippen MR) is 122 cm³/mol. The standard InChI is InChI=1S/C26H23N3O3/c30-25(18-7-2-1-3-8-18)27-19-12-14-29(15-13-19)26(31)21-17-23(24-11-6-16-32-24)28-22-10-5-4-9-20(21)22/h1-11,16-17,19H,12-15H2,(H,27,30). The van der Waals surface area contributed by atoms with Crippen LogP contribution in [0.5, 0.6) is 0 Å². The molecule has 1 N–H and O–H groups in total. The number of piperidine rings is 1. The van der Waals surface area contributed by atoms with Gasteiger partial charge in [-0.3, -0.25) is 9.59 Å². The molecule has 160 valence electrons. The van der Waals surface area contributed by atoms with E-state index < -0.39 is 0 Å². The molecule has 2 aromatic carbocycles. The van der Waals surface area contributed by atoms with Crippen LogP contribution in [0.4, 0.5) is 0 Å². The lowest BCUT2D eigenvalue weighted by Gasteiger charge is -2.32. The lowest BCUT2D eigenvalue weighted by Crippen LogP contribution is -2.46. The maximum absolute atomic E-state index is 13.5. The number of amides is 2. The highest BCUT2D eigenvalue weighted by molar-refractivity contribution is 6.07. The first-order chi connectivity index (χ1) is 15.7. The summed E-state index contributed by atoms with van der Waals surface area (Å²) in [4.78, 5) is 32.4. The first-order valence-electron chi connectivity index (χ1n) is 10.8. The fraction of sp³-hybridized carbons (Fsp3) is 0.192. The number of likely N-dealkylation sites (tertiary alicyclic amines) is 1. The number of nitrogens with one attached hydrogen (secondary N) is 1. The molecular formula is C26H23N3O3. The molecule has 4 aromatic rings. The minimum Gasteiger partial charge on any atom is -0.463 e. The number of hydrogen-bond acceptors (Lipinski definition) is 4. The third kappa shape index (κ3) is 3.99. The Kier molecular flexibility index (Phi) is 5.42. The van der Waals surface area contributed by atoms with Gasteiger partial charge in [0.1, 0.15) is 5.69 Å². The molecule has 1 aliphatic heterocycles. The van der Waals surface area contributed by atoms with E-state index in [2.05, 4.69) is 10.3 Å². The molecule has 0 aliphatic carbocycles. The molecule has 3 heterocycles. The Bertz CT molecular complexity index is 1240. The van der Waals surface area contributed by atoms with Gasteiger partial charge in [0.05, 0.1) is 17.3 Å². The van der Waals surface area contributed by atoms with Gasteiger partial charge in [-0.25, -0.2) is 4.98 Å². The van der Waals surface area contributed by atoms with Crippen LogP contribution < -0.4 is 5.32 Å². The van der Waals surface area contributed by atoms with Crippen molar-refractivity contribution in [2.75, 3.05) is 13.1 Å². The van der Waals surface area contributed by atoms with E-state index in [1.54, 1.807) is 18.4 Å². The van der Waals surface area contributed by atoms with E-state index in [1.165, 1.54) is 0 Å². The highest BCUT2D eigenvalue weighted by Crippen LogP contribution is 2.27. The summed E-state index contributed by atoms with van der Waals surface area (Å²) in [6.07, 6.45) is 3.04. The highest BCUT2D eigenvalue weighted by Gasteiger charge is 2.26. The van der Waals surface area contributed by atoms with Crippen molar-refractivity contribution < 1.29 is 14.0 Å². The van der Waals surface area contributed by atoms with Gasteiger partial charge < -0.3 is 14.6 Å². The maximum Gasteiger partial charge on any atom is 0.254 e. The summed E-state index contributed by atoms with van der Waals surface area (Å²) in [5.74, 6) is 0.537. The van der Waals surface area contributed by atoms with Gasteiger partial charge in [-0.15, -0.1) is 0 Å². The van der Waals surface area contributed by atoms with Crippen molar-refractivity contribution in [1.29, 1.82) is 0 Å². The first-order valence-corrected chi connectivity index (χ1v) is 10.8. The Balaban J connectivity index is 1.33. The summed E-state index contributed by atoms with van der Waals surface area (Å²) in [5.41, 5.74) is 2.67. The zero-order valence-corrected chi connectivity index (χ0v) is 17.5. The molecule has 0 bridgehead atoms. The van der Waals surface area contributed by atoms with Crippen LogP contribution in [-0.4, -0.2) is 40.8 Å². The van der Waals surface area contributed by atoms with Gasteiger partial charge in [0.25, 0.3) is 11.8 Å². The summed E-state index contributed by atoms with van der Waals surface area (Å²) in [7, 11) is 0. The summed E-state index contributed by atoms with van der Waals surface area (Å²) >= 11 is 0. The fourth-order valence-corrected chi connectivity index (χ4v) is 4.16. The molecule has 2 aromatic heterocycles. The van der Waals surface area contributed by atoms with Gasteiger partial charge in [0.2, 0.25) is 0 Å². The summed E-state index contributed by atoms with van der Waals surface area (Å²) in [6, 6.07) is 22.4. The van der Waals surface area contributed by atoms with Crippen LogP contribution in [0.3, 0.4) is 0 Å². The van der Waals surface area contributed by atoms with E-state index >= 15 is 0 Å². The first kappa shape index (κ1) is 20.0. The van der Waals surface area contributed by atoms with Crippen LogP contribution in [0, 0.1) is 0 Å². The molecule has 0 radical (unpaired) electrons. The SMILES string of the molecule is O=C(NC1CCN(C(=O)c2cc(-c3ccco3)nc3ccccc23)CC1)c1ccccc1. The Morgan fingerprint density at radius 3 is 2.44 bits per heavy atom. The van der Waals surface area contributed by atoms with Gasteiger partial charge in [-0.05, 0) is 49.2 Å². The summed E-state index contributed by atoms with van der Waals surface area (Å²) in [5, 5.41) is 3.92. The van der Waals surface area contributed by atoms with E-state index in [9.17, 15) is 9.59 Å². The normalized spacial score (nSPS) is 14.4. The third-order valence-electron chi connectivity index (χ3n) is 5.87. The monoisotopic (exact) mass is 425 g/mol. The molecule has 0 unspecified atom stereocenters. The average Bonchev–Trinajstić information content (AvgIpc) is 3.39. The van der Waals surface area contributed by atoms with Gasteiger partial charge in [-0.1, -0.05) is 36.4 Å². The van der Waals surface area contributed by atoms with E-state index in [1.807, 2.05) is 65.6 Å². The van der Waals surface area contributed by atoms with Crippen molar-refractivity contribution in [1.82, 2.24) is 15.2 Å². The number of para-hydroxylation sites is 1. The molecule has 0 saturated carbocycles. The van der Waals surface area contributed by atoms with Crippen molar-refractivity contribution in [2.45, 2.75) is 18.9 Å². The Morgan fingerprint density at radius 2 is 1.69 bits per heavy atom. The van der Waals surface area contributed by atoms with E-state index in [4.69, 9.17) is 4.42 Å². The molecule has 1 saturated heterocycles. The Morgan fingerprint density at radius 1 is 0.938 bits per heavy atom. The second kappa shape index (κ2) is 8.67. The van der Waals surface area contributed by atoms with E-state index in [0.717, 1.165) is 23.7 Å². The van der Waals surface area contributed by atoms with Crippen molar-refractivity contribution in [2.24, 2.45) is 0 Å². The zero-order chi connectivity index (χ0) is 21.9. The smallest absolute Gasteiger partial charge is 0.254 e. The molecule has 0 atom stereocenters. The van der Waals surface area contributed by atoms with Crippen molar-refractivity contribution in [3.63, 3.8) is 0 Å². The van der Waals surface area contributed by atoms with Gasteiger partial charge >= 0.3 is 0 Å². The predicted octanol–water partition coefficient (Wildman–Crippen LogP) is 4.53. The van der Waals surface area contributed by atoms with Gasteiger partial charge in [-0.2, -0.15) is 0 Å². The number of benzene rings is 2. The second-order valence-corrected chi connectivity index (χ2v) is 7.96. The number of furan rings is 1. The minimum atomic E-state index is -0.0707. The number of fused-ring (bicyclic) bond motifs is 1. The van der Waals surface area contributed by atoms with Crippen LogP contribution in [0.15, 0.2) is 83.5 Å². The number of pyridine rings is 1. The highest BCUT2D eigenvalue weighted by atomic mass is 16.3. The minimum absolute atomic E-state index is 0.0238. The molecular weight excluding hydrogens is 402 g/mol. The van der Waals surface area contributed by atoms with Crippen LogP contribution in [-0.2, 0) is 0 Å². The van der Waals surface area contributed by atoms with Crippen LogP contribution in [0.2, 0.25) is 0 Å². The van der Waals surface area contributed by atoms with Crippen LogP contribution in [0.25, 0.3) is 22.4 Å². The Labute approximate surface area is 185 Å². The Hall–Kier alpha value is -3.93. The maximum atomic E-state index is 13.5. The van der Waals surface area contributed by atoms with E-state index in [0.29, 0.717) is 35.7 Å². The molecule has 1 fully saturated rings. The number of aromatic nitrogens is 1. The summed E-state index contributed by atoms with van der Waals surface area (Å²) < 4.78 is 5.51. The molecule has 2 amide bonds. The third-order valence-corrected chi connectivity index (χ3v) is 5.87. The number of carbonyl (C=O) groups is 2. The molecule has 0 spiro atoms. The van der Waals surface area contributed by atoms with Crippen LogP contribution in [0.1, 0.15) is 33.6 Å². The lowest BCUT2D eigenvalue weighted by atomic mass is 10.0. The molecule has 32 heavy (non-hydrogen) atoms. The van der Waals surface area contributed by atoms with Crippen molar-refractivity contribution >= 4 is 22.7 Å². The topological polar surface area (TPSA) is 75.4 Å². The lowest BCUT2D eigenvalue weighted by molar-refractivity contribution is 0.0700. The zero-order valence-electron chi connectivity index (χ0n) is 17.5. The quantitative estimate of drug-likeness (QED) is 0.521. The number of carbonyl (C=O) groups excluding carboxylic acids is 2. The molecule has 1 aliphatic rings. The average molecular weight is 425 g/mol. The van der Waals surface area contributed by atoms with Crippen molar-refractivity contribution in [3.8, 4) is 11.5 Å². The largest absolute Gasteiger partial charge is 0.463 e. The number of rotatable bonds is 4. The van der Waals surface area contributed by atoms with Crippen LogP contribution >= 0.6 is 0 Å². The van der Waals surface area contributed by atoms with Crippen molar-refractivity contribution in [3.05, 3.63) is 90.2 Å².